The smallest absolute Gasteiger partial charge is 0.0623 e. The number of benzene rings is 6. The molecular weight excluding hydrogens is 509 g/mol. The van der Waals surface area contributed by atoms with Gasteiger partial charge in [-0.15, -0.1) is 0 Å². The lowest BCUT2D eigenvalue weighted by molar-refractivity contribution is 1.63. The van der Waals surface area contributed by atoms with Gasteiger partial charge in [-0.2, -0.15) is 0 Å². The predicted octanol–water partition coefficient (Wildman–Crippen LogP) is 7.40. The second-order valence-electron chi connectivity index (χ2n) is 10.2. The maximum Gasteiger partial charge on any atom is 0.179 e. The monoisotopic (exact) mass is 540 g/mol. The molecule has 0 saturated carbocycles. The highest BCUT2D eigenvalue weighted by Crippen LogP contribution is 2.14. The Morgan fingerprint density at radius 1 is 0.244 bits per heavy atom. The van der Waals surface area contributed by atoms with Gasteiger partial charge in [0, 0.05) is 0 Å². The quantitative estimate of drug-likeness (QED) is 0.107. The highest BCUT2D eigenvalue weighted by Gasteiger charge is 2.41. The lowest BCUT2D eigenvalue weighted by Crippen LogP contribution is -2.74. The van der Waals surface area contributed by atoms with Crippen LogP contribution in [0.3, 0.4) is 0 Å². The first-order valence-electron chi connectivity index (χ1n) is 14.1. The average molecular weight is 541 g/mol. The van der Waals surface area contributed by atoms with Gasteiger partial charge in [-0.05, 0) is 43.0 Å². The molecule has 0 nitrogen and oxygen atoms in total. The van der Waals surface area contributed by atoms with Crippen molar-refractivity contribution in [3.05, 3.63) is 192 Å². The van der Waals surface area contributed by atoms with E-state index in [2.05, 4.69) is 194 Å². The van der Waals surface area contributed by atoms with E-state index in [4.69, 9.17) is 0 Å². The second-order valence-corrected chi connectivity index (χ2v) is 14.0. The van der Waals surface area contributed by atoms with Crippen LogP contribution in [0.1, 0.15) is 22.3 Å². The SMILES string of the molecule is C(=Cc1ccc([Si](c2ccccc2)(c2ccccc2)c2ccc(C=Cc3ccccc3)cc2)cc1)c1ccccc1. The van der Waals surface area contributed by atoms with Crippen LogP contribution in [0.15, 0.2) is 170 Å². The summed E-state index contributed by atoms with van der Waals surface area (Å²) in [5.41, 5.74) is 4.80. The minimum Gasteiger partial charge on any atom is -0.0623 e. The Labute approximate surface area is 244 Å². The molecule has 1 heteroatoms. The molecule has 0 aliphatic heterocycles. The minimum absolute atomic E-state index is 1.20. The Hall–Kier alpha value is -4.98. The molecule has 6 rings (SSSR count). The average Bonchev–Trinajstić information content (AvgIpc) is 3.06. The van der Waals surface area contributed by atoms with Gasteiger partial charge < -0.3 is 0 Å². The normalized spacial score (nSPS) is 11.7. The van der Waals surface area contributed by atoms with Gasteiger partial charge in [-0.25, -0.2) is 0 Å². The minimum atomic E-state index is -2.57. The van der Waals surface area contributed by atoms with Crippen LogP contribution in [0.4, 0.5) is 0 Å². The number of rotatable bonds is 8. The van der Waals surface area contributed by atoms with E-state index in [1.807, 2.05) is 0 Å². The Bertz CT molecular complexity index is 1580. The van der Waals surface area contributed by atoms with Crippen molar-refractivity contribution >= 4 is 53.1 Å². The fraction of sp³-hybridized carbons (Fsp3) is 0. The lowest BCUT2D eigenvalue weighted by atomic mass is 10.1. The van der Waals surface area contributed by atoms with E-state index in [-0.39, 0.29) is 0 Å². The maximum absolute atomic E-state index is 2.57. The first kappa shape index (κ1) is 26.3. The summed E-state index contributed by atoms with van der Waals surface area (Å²) in [6.07, 6.45) is 8.74. The molecule has 0 fully saturated rings. The summed E-state index contributed by atoms with van der Waals surface area (Å²) in [6.45, 7) is 0. The molecule has 6 aromatic carbocycles. The van der Waals surface area contributed by atoms with Crippen LogP contribution >= 0.6 is 0 Å². The van der Waals surface area contributed by atoms with E-state index in [0.717, 1.165) is 0 Å². The van der Waals surface area contributed by atoms with Crippen molar-refractivity contribution < 1.29 is 0 Å². The molecule has 0 aliphatic carbocycles. The van der Waals surface area contributed by atoms with E-state index in [1.54, 1.807) is 0 Å². The molecule has 0 amide bonds. The molecule has 0 saturated heterocycles. The zero-order valence-corrected chi connectivity index (χ0v) is 24.0. The third kappa shape index (κ3) is 5.82. The van der Waals surface area contributed by atoms with Gasteiger partial charge >= 0.3 is 0 Å². The van der Waals surface area contributed by atoms with Crippen LogP contribution in [-0.2, 0) is 0 Å². The second kappa shape index (κ2) is 12.5. The van der Waals surface area contributed by atoms with Crippen LogP contribution in [0.25, 0.3) is 24.3 Å². The molecule has 0 bridgehead atoms. The van der Waals surface area contributed by atoms with Gasteiger partial charge in [0.2, 0.25) is 0 Å². The largest absolute Gasteiger partial charge is 0.179 e. The van der Waals surface area contributed by atoms with Crippen molar-refractivity contribution in [2.24, 2.45) is 0 Å². The van der Waals surface area contributed by atoms with Crippen LogP contribution < -0.4 is 20.7 Å². The van der Waals surface area contributed by atoms with Gasteiger partial charge in [0.1, 0.15) is 0 Å². The highest BCUT2D eigenvalue weighted by molar-refractivity contribution is 7.19. The highest BCUT2D eigenvalue weighted by atomic mass is 28.3. The topological polar surface area (TPSA) is 0 Å². The van der Waals surface area contributed by atoms with Crippen LogP contribution in [0, 0.1) is 0 Å². The predicted molar refractivity (Wildman–Crippen MR) is 181 cm³/mol. The Morgan fingerprint density at radius 2 is 0.488 bits per heavy atom. The summed E-state index contributed by atoms with van der Waals surface area (Å²) < 4.78 is 0. The Kier molecular flexibility index (Phi) is 7.98. The first-order valence-corrected chi connectivity index (χ1v) is 16.1. The number of hydrogen-bond donors (Lipinski definition) is 0. The van der Waals surface area contributed by atoms with E-state index in [9.17, 15) is 0 Å². The molecule has 41 heavy (non-hydrogen) atoms. The van der Waals surface area contributed by atoms with Crippen LogP contribution in [-0.4, -0.2) is 8.07 Å². The lowest BCUT2D eigenvalue weighted by Gasteiger charge is -2.34. The summed E-state index contributed by atoms with van der Waals surface area (Å²) in [5.74, 6) is 0. The zero-order valence-electron chi connectivity index (χ0n) is 23.0. The molecule has 0 spiro atoms. The van der Waals surface area contributed by atoms with E-state index in [1.165, 1.54) is 43.0 Å². The van der Waals surface area contributed by atoms with Gasteiger partial charge in [0.25, 0.3) is 0 Å². The van der Waals surface area contributed by atoms with Gasteiger partial charge in [-0.1, -0.05) is 194 Å². The summed E-state index contributed by atoms with van der Waals surface area (Å²) in [4.78, 5) is 0. The molecule has 0 N–H and O–H groups in total. The molecular formula is C40H32Si. The first-order chi connectivity index (χ1) is 20.3. The van der Waals surface area contributed by atoms with Crippen molar-refractivity contribution in [3.63, 3.8) is 0 Å². The fourth-order valence-electron chi connectivity index (χ4n) is 5.58. The maximum atomic E-state index is 2.35. The molecule has 0 aromatic heterocycles. The van der Waals surface area contributed by atoms with Crippen molar-refractivity contribution in [1.29, 1.82) is 0 Å². The van der Waals surface area contributed by atoms with Crippen LogP contribution in [0.2, 0.25) is 0 Å². The van der Waals surface area contributed by atoms with Crippen LogP contribution in [0.5, 0.6) is 0 Å². The van der Waals surface area contributed by atoms with E-state index >= 15 is 0 Å². The van der Waals surface area contributed by atoms with Gasteiger partial charge in [0.05, 0.1) is 0 Å². The van der Waals surface area contributed by atoms with E-state index in [0.29, 0.717) is 0 Å². The third-order valence-corrected chi connectivity index (χ3v) is 12.4. The fourth-order valence-corrected chi connectivity index (χ4v) is 10.3. The summed E-state index contributed by atoms with van der Waals surface area (Å²) in [5, 5.41) is 5.51. The number of hydrogen-bond acceptors (Lipinski definition) is 0. The molecule has 6 aromatic rings. The van der Waals surface area contributed by atoms with Crippen molar-refractivity contribution in [2.45, 2.75) is 0 Å². The molecule has 196 valence electrons. The van der Waals surface area contributed by atoms with Gasteiger partial charge in [0.15, 0.2) is 8.07 Å². The van der Waals surface area contributed by atoms with Gasteiger partial charge in [-0.3, -0.25) is 0 Å². The molecule has 0 atom stereocenters. The summed E-state index contributed by atoms with van der Waals surface area (Å²) in [6, 6.07) is 61.5. The Morgan fingerprint density at radius 3 is 0.805 bits per heavy atom. The summed E-state index contributed by atoms with van der Waals surface area (Å²) >= 11 is 0. The van der Waals surface area contributed by atoms with E-state index < -0.39 is 8.07 Å². The standard InChI is InChI=1S/C40H32Si/c1-5-13-33(14-6-1)21-23-35-25-29-39(30-26-35)41(37-17-9-3-10-18-37,38-19-11-4-12-20-38)40-31-27-36(28-32-40)24-22-34-15-7-2-8-16-34/h1-32H. The Balaban J connectivity index is 1.45. The molecule has 0 heterocycles. The zero-order chi connectivity index (χ0) is 27.7. The molecule has 0 radical (unpaired) electrons. The molecule has 0 unspecified atom stereocenters. The summed E-state index contributed by atoms with van der Waals surface area (Å²) in [7, 11) is -2.57. The third-order valence-electron chi connectivity index (χ3n) is 7.64. The van der Waals surface area contributed by atoms with Crippen molar-refractivity contribution in [1.82, 2.24) is 0 Å². The van der Waals surface area contributed by atoms with Crippen molar-refractivity contribution in [2.75, 3.05) is 0 Å². The molecule has 0 aliphatic rings. The van der Waals surface area contributed by atoms with Crippen molar-refractivity contribution in [3.8, 4) is 0 Å².